The number of amides is 1. The quantitative estimate of drug-likeness (QED) is 0.747. The minimum absolute atomic E-state index is 0.233. The number of nitrogens with zero attached hydrogens (tertiary/aromatic N) is 1. The summed E-state index contributed by atoms with van der Waals surface area (Å²) in [7, 11) is 0. The van der Waals surface area contributed by atoms with Crippen molar-refractivity contribution in [3.63, 3.8) is 0 Å². The summed E-state index contributed by atoms with van der Waals surface area (Å²) in [4.78, 5) is 24.8. The number of aliphatic carboxylic acids is 1. The van der Waals surface area contributed by atoms with Crippen LogP contribution in [-0.2, 0) is 16.1 Å². The zero-order chi connectivity index (χ0) is 15.7. The highest BCUT2D eigenvalue weighted by Gasteiger charge is 2.29. The molecule has 0 fully saturated rings. The summed E-state index contributed by atoms with van der Waals surface area (Å²) in [6.07, 6.45) is 1.46. The highest BCUT2D eigenvalue weighted by atomic mass is 16.6. The highest BCUT2D eigenvalue weighted by molar-refractivity contribution is 5.80. The van der Waals surface area contributed by atoms with E-state index in [-0.39, 0.29) is 6.54 Å². The summed E-state index contributed by atoms with van der Waals surface area (Å²) in [5.41, 5.74) is 0.879. The number of rotatable bonds is 8. The van der Waals surface area contributed by atoms with Crippen molar-refractivity contribution in [2.24, 2.45) is 0 Å². The molecule has 0 aliphatic carbocycles. The Kier molecular flexibility index (Phi) is 7.29. The van der Waals surface area contributed by atoms with E-state index in [0.29, 0.717) is 13.0 Å². The molecule has 1 atom stereocenters. The Morgan fingerprint density at radius 3 is 2.43 bits per heavy atom. The van der Waals surface area contributed by atoms with Crippen molar-refractivity contribution in [1.29, 1.82) is 0 Å². The average Bonchev–Trinajstić information content (AvgIpc) is 2.48. The second-order valence-corrected chi connectivity index (χ2v) is 4.84. The van der Waals surface area contributed by atoms with Crippen molar-refractivity contribution in [3.8, 4) is 0 Å². The summed E-state index contributed by atoms with van der Waals surface area (Å²) in [5.74, 6) is -1.01. The largest absolute Gasteiger partial charge is 0.480 e. The summed E-state index contributed by atoms with van der Waals surface area (Å²) in [5, 5.41) is 9.29. The molecule has 0 bridgehead atoms. The number of carbonyl (C=O) groups is 2. The van der Waals surface area contributed by atoms with Crippen molar-refractivity contribution < 1.29 is 19.4 Å². The summed E-state index contributed by atoms with van der Waals surface area (Å²) in [6.45, 7) is 4.30. The molecule has 1 aromatic carbocycles. The van der Waals surface area contributed by atoms with Gasteiger partial charge in [0.2, 0.25) is 0 Å². The molecule has 0 saturated carbocycles. The van der Waals surface area contributed by atoms with Crippen LogP contribution in [0.15, 0.2) is 30.3 Å². The highest BCUT2D eigenvalue weighted by Crippen LogP contribution is 2.13. The van der Waals surface area contributed by atoms with Crippen LogP contribution < -0.4 is 0 Å². The van der Waals surface area contributed by atoms with Gasteiger partial charge in [0.1, 0.15) is 6.04 Å². The lowest BCUT2D eigenvalue weighted by atomic mass is 10.1. The Morgan fingerprint density at radius 1 is 1.24 bits per heavy atom. The van der Waals surface area contributed by atoms with Crippen molar-refractivity contribution >= 4 is 12.1 Å². The molecule has 1 amide bonds. The van der Waals surface area contributed by atoms with Crippen LogP contribution in [0.25, 0.3) is 0 Å². The molecule has 0 spiro atoms. The van der Waals surface area contributed by atoms with E-state index in [4.69, 9.17) is 4.74 Å². The van der Waals surface area contributed by atoms with Crippen molar-refractivity contribution in [3.05, 3.63) is 35.9 Å². The Morgan fingerprint density at radius 2 is 1.90 bits per heavy atom. The van der Waals surface area contributed by atoms with E-state index in [0.717, 1.165) is 18.4 Å². The minimum atomic E-state index is -1.01. The first-order valence-corrected chi connectivity index (χ1v) is 7.30. The van der Waals surface area contributed by atoms with Crippen molar-refractivity contribution in [2.75, 3.05) is 6.61 Å². The molecule has 5 heteroatoms. The fourth-order valence-electron chi connectivity index (χ4n) is 2.00. The van der Waals surface area contributed by atoms with Gasteiger partial charge in [-0.3, -0.25) is 4.90 Å². The molecule has 1 unspecified atom stereocenters. The molecule has 0 aromatic heterocycles. The molecule has 0 heterocycles. The Hall–Kier alpha value is -2.04. The van der Waals surface area contributed by atoms with Gasteiger partial charge in [-0.25, -0.2) is 9.59 Å². The molecule has 0 aliphatic heterocycles. The third-order valence-electron chi connectivity index (χ3n) is 3.20. The Bertz CT molecular complexity index is 447. The predicted octanol–water partition coefficient (Wildman–Crippen LogP) is 3.29. The second kappa shape index (κ2) is 9.00. The van der Waals surface area contributed by atoms with E-state index in [2.05, 4.69) is 0 Å². The summed E-state index contributed by atoms with van der Waals surface area (Å²) < 4.78 is 5.17. The zero-order valence-corrected chi connectivity index (χ0v) is 12.6. The number of carbonyl (C=O) groups excluding carboxylic acids is 1. The first-order chi connectivity index (χ1) is 10.1. The van der Waals surface area contributed by atoms with Gasteiger partial charge in [0.05, 0.1) is 6.61 Å². The smallest absolute Gasteiger partial charge is 0.410 e. The van der Waals surface area contributed by atoms with Gasteiger partial charge in [-0.1, -0.05) is 50.6 Å². The number of carboxylic acid groups (broad SMARTS) is 1. The Balaban J connectivity index is 2.83. The molecule has 0 aliphatic rings. The first-order valence-electron chi connectivity index (χ1n) is 7.30. The third-order valence-corrected chi connectivity index (χ3v) is 3.20. The number of unbranched alkanes of at least 4 members (excludes halogenated alkanes) is 1. The second-order valence-electron chi connectivity index (χ2n) is 4.84. The van der Waals surface area contributed by atoms with E-state index in [1.54, 1.807) is 6.92 Å². The molecule has 1 rings (SSSR count). The standard InChI is InChI=1S/C16H23NO4/c1-3-5-11-21-16(20)17(14(4-2)15(18)19)12-13-9-7-6-8-10-13/h6-10,14H,3-5,11-12H2,1-2H3,(H,18,19). The molecule has 116 valence electrons. The topological polar surface area (TPSA) is 66.8 Å². The lowest BCUT2D eigenvalue weighted by Gasteiger charge is -2.27. The lowest BCUT2D eigenvalue weighted by Crippen LogP contribution is -2.44. The van der Waals surface area contributed by atoms with Crippen LogP contribution in [0.4, 0.5) is 4.79 Å². The van der Waals surface area contributed by atoms with Gasteiger partial charge < -0.3 is 9.84 Å². The number of hydrogen-bond acceptors (Lipinski definition) is 3. The van der Waals surface area contributed by atoms with Gasteiger partial charge in [0.25, 0.3) is 0 Å². The van der Waals surface area contributed by atoms with E-state index >= 15 is 0 Å². The Labute approximate surface area is 125 Å². The molecule has 1 N–H and O–H groups in total. The van der Waals surface area contributed by atoms with Gasteiger partial charge in [-0.15, -0.1) is 0 Å². The van der Waals surface area contributed by atoms with Crippen molar-refractivity contribution in [1.82, 2.24) is 4.90 Å². The fourth-order valence-corrected chi connectivity index (χ4v) is 2.00. The van der Waals surface area contributed by atoms with Crippen LogP contribution >= 0.6 is 0 Å². The average molecular weight is 293 g/mol. The zero-order valence-electron chi connectivity index (χ0n) is 12.6. The van der Waals surface area contributed by atoms with Crippen molar-refractivity contribution in [2.45, 2.75) is 45.7 Å². The monoisotopic (exact) mass is 293 g/mol. The molecule has 1 aromatic rings. The van der Waals surface area contributed by atoms with Crippen LogP contribution in [0, 0.1) is 0 Å². The van der Waals surface area contributed by atoms with Crippen LogP contribution in [0.3, 0.4) is 0 Å². The van der Waals surface area contributed by atoms with E-state index in [1.807, 2.05) is 37.3 Å². The number of carboxylic acids is 1. The third kappa shape index (κ3) is 5.45. The normalized spacial score (nSPS) is 11.7. The lowest BCUT2D eigenvalue weighted by molar-refractivity contribution is -0.143. The van der Waals surface area contributed by atoms with Crippen LogP contribution in [-0.4, -0.2) is 34.7 Å². The molecular formula is C16H23NO4. The van der Waals surface area contributed by atoms with Gasteiger partial charge in [-0.2, -0.15) is 0 Å². The van der Waals surface area contributed by atoms with Gasteiger partial charge in [0.15, 0.2) is 0 Å². The molecule has 21 heavy (non-hydrogen) atoms. The number of benzene rings is 1. The fraction of sp³-hybridized carbons (Fsp3) is 0.500. The molecule has 0 saturated heterocycles. The maximum atomic E-state index is 12.2. The molecular weight excluding hydrogens is 270 g/mol. The van der Waals surface area contributed by atoms with Crippen LogP contribution in [0.5, 0.6) is 0 Å². The minimum Gasteiger partial charge on any atom is -0.480 e. The van der Waals surface area contributed by atoms with Gasteiger partial charge in [0, 0.05) is 6.54 Å². The number of ether oxygens (including phenoxy) is 1. The summed E-state index contributed by atoms with van der Waals surface area (Å²) >= 11 is 0. The molecule has 5 nitrogen and oxygen atoms in total. The maximum absolute atomic E-state index is 12.2. The van der Waals surface area contributed by atoms with E-state index in [9.17, 15) is 14.7 Å². The SMILES string of the molecule is CCCCOC(=O)N(Cc1ccccc1)C(CC)C(=O)O. The van der Waals surface area contributed by atoms with Gasteiger partial charge >= 0.3 is 12.1 Å². The molecule has 0 radical (unpaired) electrons. The summed E-state index contributed by atoms with van der Waals surface area (Å²) in [6, 6.07) is 8.44. The van der Waals surface area contributed by atoms with Crippen LogP contribution in [0.1, 0.15) is 38.7 Å². The van der Waals surface area contributed by atoms with E-state index < -0.39 is 18.1 Å². The van der Waals surface area contributed by atoms with Gasteiger partial charge in [-0.05, 0) is 18.4 Å². The van der Waals surface area contributed by atoms with Crippen LogP contribution in [0.2, 0.25) is 0 Å². The predicted molar refractivity (Wildman–Crippen MR) is 80.0 cm³/mol. The first kappa shape index (κ1) is 17.0. The van der Waals surface area contributed by atoms with E-state index in [1.165, 1.54) is 4.90 Å². The number of hydrogen-bond donors (Lipinski definition) is 1. The maximum Gasteiger partial charge on any atom is 0.410 e.